The fourth-order valence-electron chi connectivity index (χ4n) is 1.83. The number of imidazole rings is 1. The summed E-state index contributed by atoms with van der Waals surface area (Å²) >= 11 is 0. The molecule has 1 aromatic carbocycles. The van der Waals surface area contributed by atoms with Crippen molar-refractivity contribution in [3.05, 3.63) is 29.6 Å². The minimum Gasteiger partial charge on any atom is -0.478 e. The molecule has 0 amide bonds. The molecule has 0 bridgehead atoms. The van der Waals surface area contributed by atoms with Crippen LogP contribution in [0.15, 0.2) is 18.2 Å². The smallest absolute Gasteiger partial charge is 0.335 e. The highest BCUT2D eigenvalue weighted by Crippen LogP contribution is 2.17. The summed E-state index contributed by atoms with van der Waals surface area (Å²) in [5.74, 6) is -0.0128. The summed E-state index contributed by atoms with van der Waals surface area (Å²) in [7, 11) is 1.90. The summed E-state index contributed by atoms with van der Waals surface area (Å²) in [6.45, 7) is 4.82. The van der Waals surface area contributed by atoms with Crippen LogP contribution in [-0.4, -0.2) is 26.7 Å². The minimum atomic E-state index is -0.917. The Hall–Kier alpha value is -1.88. The van der Waals surface area contributed by atoms with Gasteiger partial charge in [0.25, 0.3) is 0 Å². The van der Waals surface area contributed by atoms with E-state index in [-0.39, 0.29) is 5.56 Å². The Morgan fingerprint density at radius 2 is 2.22 bits per heavy atom. The van der Waals surface area contributed by atoms with Crippen LogP contribution in [0, 0.1) is 0 Å². The molecule has 96 valence electrons. The zero-order valence-electron chi connectivity index (χ0n) is 10.8. The number of hydrogen-bond donors (Lipinski definition) is 2. The van der Waals surface area contributed by atoms with Crippen molar-refractivity contribution in [3.8, 4) is 0 Å². The summed E-state index contributed by atoms with van der Waals surface area (Å²) in [6.07, 6.45) is 0. The topological polar surface area (TPSA) is 67.2 Å². The maximum absolute atomic E-state index is 10.9. The van der Waals surface area contributed by atoms with Crippen molar-refractivity contribution in [2.45, 2.75) is 26.4 Å². The van der Waals surface area contributed by atoms with Crippen molar-refractivity contribution in [2.75, 3.05) is 0 Å². The monoisotopic (exact) mass is 247 g/mol. The van der Waals surface area contributed by atoms with Crippen molar-refractivity contribution in [1.82, 2.24) is 14.9 Å². The minimum absolute atomic E-state index is 0.286. The number of carboxylic acids is 1. The Morgan fingerprint density at radius 3 is 2.83 bits per heavy atom. The zero-order valence-corrected chi connectivity index (χ0v) is 10.8. The molecule has 0 saturated heterocycles. The van der Waals surface area contributed by atoms with Gasteiger partial charge in [-0.3, -0.25) is 0 Å². The van der Waals surface area contributed by atoms with Crippen LogP contribution in [0.2, 0.25) is 0 Å². The number of nitrogens with one attached hydrogen (secondary N) is 1. The molecular weight excluding hydrogens is 230 g/mol. The maximum Gasteiger partial charge on any atom is 0.335 e. The van der Waals surface area contributed by atoms with Gasteiger partial charge in [-0.05, 0) is 18.2 Å². The van der Waals surface area contributed by atoms with E-state index in [9.17, 15) is 4.79 Å². The first kappa shape index (κ1) is 12.6. The molecule has 0 spiro atoms. The molecule has 0 atom stereocenters. The molecule has 2 rings (SSSR count). The standard InChI is InChI=1S/C13H17N3O2/c1-8(2)14-7-12-15-10-5-4-9(13(17)18)6-11(10)16(12)3/h4-6,8,14H,7H2,1-3H3,(H,17,18). The van der Waals surface area contributed by atoms with E-state index in [2.05, 4.69) is 24.1 Å². The SMILES string of the molecule is CC(C)NCc1nc2ccc(C(=O)O)cc2n1C. The molecule has 18 heavy (non-hydrogen) atoms. The number of aryl methyl sites for hydroxylation is 1. The predicted molar refractivity (Wildman–Crippen MR) is 69.6 cm³/mol. The van der Waals surface area contributed by atoms with Crippen LogP contribution in [0.5, 0.6) is 0 Å². The second-order valence-electron chi connectivity index (χ2n) is 4.63. The number of hydrogen-bond acceptors (Lipinski definition) is 3. The normalized spacial score (nSPS) is 11.3. The summed E-state index contributed by atoms with van der Waals surface area (Å²) in [6, 6.07) is 5.37. The number of aromatic nitrogens is 2. The van der Waals surface area contributed by atoms with Crippen LogP contribution < -0.4 is 5.32 Å². The Bertz CT molecular complexity index is 587. The molecule has 5 heteroatoms. The molecule has 0 aliphatic rings. The number of fused-ring (bicyclic) bond motifs is 1. The molecule has 0 radical (unpaired) electrons. The van der Waals surface area contributed by atoms with E-state index in [1.807, 2.05) is 11.6 Å². The van der Waals surface area contributed by atoms with E-state index in [0.29, 0.717) is 12.6 Å². The van der Waals surface area contributed by atoms with Crippen molar-refractivity contribution >= 4 is 17.0 Å². The average molecular weight is 247 g/mol. The predicted octanol–water partition coefficient (Wildman–Crippen LogP) is 1.77. The Balaban J connectivity index is 2.40. The Morgan fingerprint density at radius 1 is 1.50 bits per heavy atom. The van der Waals surface area contributed by atoms with Crippen molar-refractivity contribution in [3.63, 3.8) is 0 Å². The van der Waals surface area contributed by atoms with E-state index in [1.54, 1.807) is 18.2 Å². The highest BCUT2D eigenvalue weighted by molar-refractivity contribution is 5.92. The van der Waals surface area contributed by atoms with E-state index in [4.69, 9.17) is 5.11 Å². The number of benzene rings is 1. The van der Waals surface area contributed by atoms with Gasteiger partial charge in [-0.2, -0.15) is 0 Å². The van der Waals surface area contributed by atoms with E-state index in [1.165, 1.54) is 0 Å². The first-order valence-corrected chi connectivity index (χ1v) is 5.91. The fourth-order valence-corrected chi connectivity index (χ4v) is 1.83. The van der Waals surface area contributed by atoms with Crippen LogP contribution in [0.3, 0.4) is 0 Å². The second-order valence-corrected chi connectivity index (χ2v) is 4.63. The summed E-state index contributed by atoms with van der Waals surface area (Å²) in [5, 5.41) is 12.3. The van der Waals surface area contributed by atoms with E-state index >= 15 is 0 Å². The van der Waals surface area contributed by atoms with Crippen LogP contribution in [0.1, 0.15) is 30.0 Å². The van der Waals surface area contributed by atoms with Crippen molar-refractivity contribution in [2.24, 2.45) is 7.05 Å². The Kier molecular flexibility index (Phi) is 3.34. The van der Waals surface area contributed by atoms with Gasteiger partial charge < -0.3 is 15.0 Å². The number of carboxylic acid groups (broad SMARTS) is 1. The van der Waals surface area contributed by atoms with Crippen molar-refractivity contribution < 1.29 is 9.90 Å². The summed E-state index contributed by atoms with van der Waals surface area (Å²) in [5.41, 5.74) is 1.95. The van der Waals surface area contributed by atoms with Gasteiger partial charge in [-0.15, -0.1) is 0 Å². The van der Waals surface area contributed by atoms with Gasteiger partial charge in [0, 0.05) is 13.1 Å². The molecule has 0 aliphatic heterocycles. The lowest BCUT2D eigenvalue weighted by atomic mass is 10.2. The third-order valence-electron chi connectivity index (χ3n) is 2.89. The van der Waals surface area contributed by atoms with Crippen LogP contribution in [0.4, 0.5) is 0 Å². The molecule has 0 aliphatic carbocycles. The van der Waals surface area contributed by atoms with Gasteiger partial charge in [0.05, 0.1) is 23.1 Å². The second kappa shape index (κ2) is 4.78. The van der Waals surface area contributed by atoms with E-state index < -0.39 is 5.97 Å². The molecular formula is C13H17N3O2. The van der Waals surface area contributed by atoms with Crippen molar-refractivity contribution in [1.29, 1.82) is 0 Å². The lowest BCUT2D eigenvalue weighted by Gasteiger charge is -2.07. The number of aromatic carboxylic acids is 1. The number of carbonyl (C=O) groups is 1. The quantitative estimate of drug-likeness (QED) is 0.864. The van der Waals surface area contributed by atoms with Crippen LogP contribution in [0.25, 0.3) is 11.0 Å². The maximum atomic E-state index is 10.9. The summed E-state index contributed by atoms with van der Waals surface area (Å²) < 4.78 is 1.93. The highest BCUT2D eigenvalue weighted by atomic mass is 16.4. The lowest BCUT2D eigenvalue weighted by molar-refractivity contribution is 0.0697. The number of nitrogens with zero attached hydrogens (tertiary/aromatic N) is 2. The first-order chi connectivity index (χ1) is 8.49. The van der Waals surface area contributed by atoms with E-state index in [0.717, 1.165) is 16.9 Å². The molecule has 2 N–H and O–H groups in total. The van der Waals surface area contributed by atoms with Gasteiger partial charge in [-0.1, -0.05) is 13.8 Å². The zero-order chi connectivity index (χ0) is 13.3. The first-order valence-electron chi connectivity index (χ1n) is 5.91. The summed E-state index contributed by atoms with van der Waals surface area (Å²) in [4.78, 5) is 15.4. The number of rotatable bonds is 4. The molecule has 0 fully saturated rings. The molecule has 2 aromatic rings. The molecule has 1 heterocycles. The molecule has 0 saturated carbocycles. The average Bonchev–Trinajstić information content (AvgIpc) is 2.63. The van der Waals surface area contributed by atoms with Gasteiger partial charge in [0.15, 0.2) is 0 Å². The van der Waals surface area contributed by atoms with Gasteiger partial charge in [-0.25, -0.2) is 9.78 Å². The third kappa shape index (κ3) is 2.36. The van der Waals surface area contributed by atoms with Crippen LogP contribution in [-0.2, 0) is 13.6 Å². The molecule has 0 unspecified atom stereocenters. The van der Waals surface area contributed by atoms with Gasteiger partial charge in [0.2, 0.25) is 0 Å². The Labute approximate surface area is 105 Å². The van der Waals surface area contributed by atoms with Gasteiger partial charge >= 0.3 is 5.97 Å². The largest absolute Gasteiger partial charge is 0.478 e. The third-order valence-corrected chi connectivity index (χ3v) is 2.89. The molecule has 1 aromatic heterocycles. The lowest BCUT2D eigenvalue weighted by Crippen LogP contribution is -2.23. The van der Waals surface area contributed by atoms with Gasteiger partial charge in [0.1, 0.15) is 5.82 Å². The fraction of sp³-hybridized carbons (Fsp3) is 0.385. The van der Waals surface area contributed by atoms with Crippen LogP contribution >= 0.6 is 0 Å². The highest BCUT2D eigenvalue weighted by Gasteiger charge is 2.10. The molecule has 5 nitrogen and oxygen atoms in total.